The van der Waals surface area contributed by atoms with E-state index in [1.807, 2.05) is 47.4 Å². The first-order valence-corrected chi connectivity index (χ1v) is 8.11. The zero-order chi connectivity index (χ0) is 14.9. The predicted octanol–water partition coefficient (Wildman–Crippen LogP) is 4.28. The van der Waals surface area contributed by atoms with Gasteiger partial charge in [0.05, 0.1) is 16.3 Å². The number of benzene rings is 2. The third kappa shape index (κ3) is 2.33. The zero-order valence-electron chi connectivity index (χ0n) is 11.9. The molecule has 2 heterocycles. The number of rotatable bonds is 2. The highest BCUT2D eigenvalue weighted by molar-refractivity contribution is 7.22. The maximum atomic E-state index is 12.4. The third-order valence-corrected chi connectivity index (χ3v) is 4.92. The van der Waals surface area contributed by atoms with Gasteiger partial charge in [-0.15, -0.1) is 0 Å². The highest BCUT2D eigenvalue weighted by atomic mass is 32.1. The van der Waals surface area contributed by atoms with Crippen molar-refractivity contribution in [1.82, 2.24) is 9.88 Å². The maximum Gasteiger partial charge on any atom is 0.324 e. The molecule has 1 N–H and O–H groups in total. The van der Waals surface area contributed by atoms with Crippen molar-refractivity contribution in [3.05, 3.63) is 60.2 Å². The summed E-state index contributed by atoms with van der Waals surface area (Å²) in [5.41, 5.74) is 2.11. The molecule has 110 valence electrons. The molecule has 1 fully saturated rings. The number of para-hydroxylation sites is 1. The molecule has 1 atom stereocenters. The van der Waals surface area contributed by atoms with E-state index >= 15 is 0 Å². The van der Waals surface area contributed by atoms with Gasteiger partial charge in [0.25, 0.3) is 0 Å². The Morgan fingerprint density at radius 1 is 1.14 bits per heavy atom. The lowest BCUT2D eigenvalue weighted by molar-refractivity contribution is 0.126. The summed E-state index contributed by atoms with van der Waals surface area (Å²) in [6.07, 6.45) is 1.01. The normalized spacial score (nSPS) is 17.3. The van der Waals surface area contributed by atoms with Gasteiger partial charge in [0.15, 0.2) is 5.13 Å². The lowest BCUT2D eigenvalue weighted by Gasteiger charge is -2.40. The number of nitrogens with zero attached hydrogens (tertiary/aromatic N) is 2. The molecule has 2 aromatic carbocycles. The smallest absolute Gasteiger partial charge is 0.317 e. The van der Waals surface area contributed by atoms with Gasteiger partial charge in [-0.1, -0.05) is 53.8 Å². The molecule has 0 radical (unpaired) electrons. The molecular weight excluding hydrogens is 294 g/mol. The first kappa shape index (κ1) is 13.3. The second kappa shape index (κ2) is 5.42. The second-order valence-electron chi connectivity index (χ2n) is 5.33. The summed E-state index contributed by atoms with van der Waals surface area (Å²) < 4.78 is 1.08. The minimum absolute atomic E-state index is 0.0702. The number of fused-ring (bicyclic) bond motifs is 1. The molecule has 3 aromatic rings. The van der Waals surface area contributed by atoms with Crippen LogP contribution >= 0.6 is 11.3 Å². The molecule has 1 aliphatic heterocycles. The molecule has 1 saturated heterocycles. The minimum Gasteiger partial charge on any atom is -0.317 e. The van der Waals surface area contributed by atoms with E-state index in [1.165, 1.54) is 16.9 Å². The fourth-order valence-electron chi connectivity index (χ4n) is 2.74. The van der Waals surface area contributed by atoms with Crippen LogP contribution in [-0.2, 0) is 0 Å². The van der Waals surface area contributed by atoms with Crippen LogP contribution in [0.25, 0.3) is 10.2 Å². The molecule has 22 heavy (non-hydrogen) atoms. The van der Waals surface area contributed by atoms with Gasteiger partial charge in [-0.3, -0.25) is 5.32 Å². The monoisotopic (exact) mass is 309 g/mol. The maximum absolute atomic E-state index is 12.4. The molecule has 4 rings (SSSR count). The average Bonchev–Trinajstić information content (AvgIpc) is 2.89. The van der Waals surface area contributed by atoms with Gasteiger partial charge in [0.2, 0.25) is 0 Å². The number of hydrogen-bond donors (Lipinski definition) is 1. The van der Waals surface area contributed by atoms with Gasteiger partial charge in [-0.25, -0.2) is 9.78 Å². The van der Waals surface area contributed by atoms with Gasteiger partial charge >= 0.3 is 6.03 Å². The van der Waals surface area contributed by atoms with Crippen LogP contribution in [0.4, 0.5) is 9.93 Å². The highest BCUT2D eigenvalue weighted by Gasteiger charge is 2.33. The fourth-order valence-corrected chi connectivity index (χ4v) is 3.60. The van der Waals surface area contributed by atoms with E-state index in [-0.39, 0.29) is 12.1 Å². The van der Waals surface area contributed by atoms with Gasteiger partial charge in [0.1, 0.15) is 0 Å². The predicted molar refractivity (Wildman–Crippen MR) is 89.1 cm³/mol. The topological polar surface area (TPSA) is 45.2 Å². The van der Waals surface area contributed by atoms with Crippen molar-refractivity contribution in [2.24, 2.45) is 0 Å². The highest BCUT2D eigenvalue weighted by Crippen LogP contribution is 2.34. The van der Waals surface area contributed by atoms with E-state index in [0.29, 0.717) is 5.13 Å². The van der Waals surface area contributed by atoms with Crippen LogP contribution in [0.1, 0.15) is 18.0 Å². The van der Waals surface area contributed by atoms with Crippen LogP contribution in [-0.4, -0.2) is 22.5 Å². The van der Waals surface area contributed by atoms with Gasteiger partial charge < -0.3 is 4.90 Å². The number of urea groups is 1. The molecule has 0 unspecified atom stereocenters. The number of hydrogen-bond acceptors (Lipinski definition) is 3. The van der Waals surface area contributed by atoms with Crippen LogP contribution in [0.5, 0.6) is 0 Å². The van der Waals surface area contributed by atoms with Gasteiger partial charge in [0, 0.05) is 6.54 Å². The summed E-state index contributed by atoms with van der Waals surface area (Å²) in [6.45, 7) is 0.788. The average molecular weight is 309 g/mol. The van der Waals surface area contributed by atoms with E-state index in [1.54, 1.807) is 0 Å². The number of aromatic nitrogens is 1. The van der Waals surface area contributed by atoms with Gasteiger partial charge in [-0.2, -0.15) is 0 Å². The van der Waals surface area contributed by atoms with Crippen LogP contribution in [0.2, 0.25) is 0 Å². The minimum atomic E-state index is -0.0702. The third-order valence-electron chi connectivity index (χ3n) is 3.97. The summed E-state index contributed by atoms with van der Waals surface area (Å²) in [7, 11) is 0. The first-order valence-electron chi connectivity index (χ1n) is 7.29. The number of carbonyl (C=O) groups is 1. The lowest BCUT2D eigenvalue weighted by Crippen LogP contribution is -2.47. The number of nitrogens with one attached hydrogen (secondary N) is 1. The van der Waals surface area contributed by atoms with Crippen molar-refractivity contribution in [1.29, 1.82) is 0 Å². The van der Waals surface area contributed by atoms with E-state index in [2.05, 4.69) is 22.4 Å². The first-order chi connectivity index (χ1) is 10.8. The van der Waals surface area contributed by atoms with Crippen LogP contribution in [0, 0.1) is 0 Å². The molecule has 5 heteroatoms. The summed E-state index contributed by atoms with van der Waals surface area (Å²) in [6, 6.07) is 18.2. The van der Waals surface area contributed by atoms with Crippen molar-refractivity contribution >= 4 is 32.7 Å². The molecule has 1 aliphatic rings. The lowest BCUT2D eigenvalue weighted by atomic mass is 9.95. The van der Waals surface area contributed by atoms with E-state index in [0.717, 1.165) is 23.2 Å². The summed E-state index contributed by atoms with van der Waals surface area (Å²) in [5, 5.41) is 3.58. The quantitative estimate of drug-likeness (QED) is 0.768. The Balaban J connectivity index is 1.50. The van der Waals surface area contributed by atoms with Crippen LogP contribution in [0.15, 0.2) is 54.6 Å². The SMILES string of the molecule is O=C(Nc1nc2ccccc2s1)N1CC[C@H]1c1ccccc1. The Labute approximate surface area is 132 Å². The molecule has 0 saturated carbocycles. The summed E-state index contributed by atoms with van der Waals surface area (Å²) in [5.74, 6) is 0. The molecular formula is C17H15N3OS. The van der Waals surface area contributed by atoms with Crippen LogP contribution in [0.3, 0.4) is 0 Å². The molecule has 4 nitrogen and oxygen atoms in total. The molecule has 1 aromatic heterocycles. The van der Waals surface area contributed by atoms with Crippen molar-refractivity contribution in [2.75, 3.05) is 11.9 Å². The number of carbonyl (C=O) groups excluding carboxylic acids is 1. The number of thiazole rings is 1. The Hall–Kier alpha value is -2.40. The Morgan fingerprint density at radius 2 is 1.91 bits per heavy atom. The number of anilines is 1. The van der Waals surface area contributed by atoms with Crippen LogP contribution < -0.4 is 5.32 Å². The fraction of sp³-hybridized carbons (Fsp3) is 0.176. The van der Waals surface area contributed by atoms with Gasteiger partial charge in [-0.05, 0) is 24.1 Å². The van der Waals surface area contributed by atoms with Crippen molar-refractivity contribution in [2.45, 2.75) is 12.5 Å². The Kier molecular flexibility index (Phi) is 3.27. The Bertz CT molecular complexity index is 782. The van der Waals surface area contributed by atoms with Crippen molar-refractivity contribution in [3.63, 3.8) is 0 Å². The second-order valence-corrected chi connectivity index (χ2v) is 6.36. The standard InChI is InChI=1S/C17H15N3OS/c21-17(19-16-18-13-8-4-5-9-15(13)22-16)20-11-10-14(20)12-6-2-1-3-7-12/h1-9,14H,10-11H2,(H,18,19,21)/t14-/m0/s1. The molecule has 0 spiro atoms. The van der Waals surface area contributed by atoms with Crippen molar-refractivity contribution in [3.8, 4) is 0 Å². The zero-order valence-corrected chi connectivity index (χ0v) is 12.7. The Morgan fingerprint density at radius 3 is 2.64 bits per heavy atom. The molecule has 0 bridgehead atoms. The summed E-state index contributed by atoms with van der Waals surface area (Å²) >= 11 is 1.50. The summed E-state index contributed by atoms with van der Waals surface area (Å²) in [4.78, 5) is 18.8. The van der Waals surface area contributed by atoms with Crippen molar-refractivity contribution < 1.29 is 4.79 Å². The molecule has 0 aliphatic carbocycles. The molecule has 2 amide bonds. The largest absolute Gasteiger partial charge is 0.324 e. The van der Waals surface area contributed by atoms with E-state index in [9.17, 15) is 4.79 Å². The number of amides is 2. The van der Waals surface area contributed by atoms with E-state index in [4.69, 9.17) is 0 Å². The van der Waals surface area contributed by atoms with E-state index < -0.39 is 0 Å². The number of likely N-dealkylation sites (tertiary alicyclic amines) is 1.